The predicted octanol–water partition coefficient (Wildman–Crippen LogP) is 5.16. The van der Waals surface area contributed by atoms with Gasteiger partial charge >= 0.3 is 0 Å². The molecular formula is C24H29NO3. The summed E-state index contributed by atoms with van der Waals surface area (Å²) in [6, 6.07) is 15.7. The Morgan fingerprint density at radius 2 is 1.79 bits per heavy atom. The van der Waals surface area contributed by atoms with Crippen molar-refractivity contribution in [2.75, 3.05) is 20.6 Å². The second-order valence-electron chi connectivity index (χ2n) is 8.50. The van der Waals surface area contributed by atoms with Gasteiger partial charge in [-0.2, -0.15) is 0 Å². The third kappa shape index (κ3) is 4.63. The van der Waals surface area contributed by atoms with Crippen molar-refractivity contribution < 1.29 is 9.15 Å². The van der Waals surface area contributed by atoms with Gasteiger partial charge in [0.2, 0.25) is 0 Å². The summed E-state index contributed by atoms with van der Waals surface area (Å²) in [5, 5.41) is 0.587. The molecule has 0 fully saturated rings. The molecule has 1 heterocycles. The predicted molar refractivity (Wildman–Crippen MR) is 114 cm³/mol. The zero-order chi connectivity index (χ0) is 20.3. The van der Waals surface area contributed by atoms with Crippen LogP contribution < -0.4 is 10.2 Å². The normalized spacial score (nSPS) is 13.1. The number of nitrogens with zero attached hydrogens (tertiary/aromatic N) is 1. The molecule has 1 atom stereocenters. The van der Waals surface area contributed by atoms with Crippen molar-refractivity contribution in [2.45, 2.75) is 38.7 Å². The molecule has 0 bridgehead atoms. The fourth-order valence-electron chi connectivity index (χ4n) is 3.20. The molecule has 1 aromatic heterocycles. The van der Waals surface area contributed by atoms with Crippen LogP contribution in [-0.4, -0.2) is 25.5 Å². The molecule has 148 valence electrons. The summed E-state index contributed by atoms with van der Waals surface area (Å²) in [6.07, 6.45) is 2.37. The molecule has 0 spiro atoms. The van der Waals surface area contributed by atoms with E-state index in [0.717, 1.165) is 18.5 Å². The van der Waals surface area contributed by atoms with Gasteiger partial charge in [-0.1, -0.05) is 51.1 Å². The molecule has 3 rings (SSSR count). The van der Waals surface area contributed by atoms with Crippen LogP contribution in [0.5, 0.6) is 5.75 Å². The Labute approximate surface area is 166 Å². The summed E-state index contributed by atoms with van der Waals surface area (Å²) in [5.41, 5.74) is 2.13. The topological polar surface area (TPSA) is 42.7 Å². The van der Waals surface area contributed by atoms with E-state index in [0.29, 0.717) is 22.3 Å². The standard InChI is InChI=1S/C24H29NO3/c1-24(2,3)20-16-27-22-15-18(11-12-19(22)23(20)26)28-21(13-14-25(4)5)17-9-7-6-8-10-17/h6-12,15-16,21H,13-14H2,1-5H3. The smallest absolute Gasteiger partial charge is 0.196 e. The largest absolute Gasteiger partial charge is 0.486 e. The van der Waals surface area contributed by atoms with Crippen LogP contribution in [0.1, 0.15) is 44.4 Å². The summed E-state index contributed by atoms with van der Waals surface area (Å²) in [5.74, 6) is 0.701. The van der Waals surface area contributed by atoms with Gasteiger partial charge in [-0.25, -0.2) is 0 Å². The Bertz CT molecular complexity index is 984. The van der Waals surface area contributed by atoms with E-state index in [9.17, 15) is 4.79 Å². The van der Waals surface area contributed by atoms with Crippen molar-refractivity contribution in [1.29, 1.82) is 0 Å². The molecule has 0 aliphatic carbocycles. The molecule has 0 amide bonds. The summed E-state index contributed by atoms with van der Waals surface area (Å²) < 4.78 is 12.1. The van der Waals surface area contributed by atoms with Crippen LogP contribution in [0.25, 0.3) is 11.0 Å². The maximum Gasteiger partial charge on any atom is 0.196 e. The Morgan fingerprint density at radius 3 is 2.43 bits per heavy atom. The van der Waals surface area contributed by atoms with Gasteiger partial charge in [0.25, 0.3) is 0 Å². The van der Waals surface area contributed by atoms with Crippen molar-refractivity contribution in [1.82, 2.24) is 4.90 Å². The minimum absolute atomic E-state index is 0.0208. The number of benzene rings is 2. The Morgan fingerprint density at radius 1 is 1.07 bits per heavy atom. The van der Waals surface area contributed by atoms with Gasteiger partial charge < -0.3 is 14.1 Å². The third-order valence-electron chi connectivity index (χ3n) is 4.84. The van der Waals surface area contributed by atoms with E-state index in [-0.39, 0.29) is 16.9 Å². The van der Waals surface area contributed by atoms with Gasteiger partial charge in [-0.15, -0.1) is 0 Å². The summed E-state index contributed by atoms with van der Waals surface area (Å²) in [4.78, 5) is 14.9. The molecule has 1 unspecified atom stereocenters. The minimum atomic E-state index is -0.255. The van der Waals surface area contributed by atoms with Gasteiger partial charge in [-0.3, -0.25) is 4.79 Å². The average Bonchev–Trinajstić information content (AvgIpc) is 2.65. The highest BCUT2D eigenvalue weighted by Crippen LogP contribution is 2.28. The molecule has 0 N–H and O–H groups in total. The van der Waals surface area contributed by atoms with Gasteiger partial charge in [0.15, 0.2) is 5.43 Å². The molecule has 4 heteroatoms. The second-order valence-corrected chi connectivity index (χ2v) is 8.50. The van der Waals surface area contributed by atoms with Crippen molar-refractivity contribution in [3.8, 4) is 5.75 Å². The van der Waals surface area contributed by atoms with E-state index >= 15 is 0 Å². The minimum Gasteiger partial charge on any atom is -0.486 e. The zero-order valence-electron chi connectivity index (χ0n) is 17.4. The molecule has 3 aromatic rings. The van der Waals surface area contributed by atoms with E-state index in [1.165, 1.54) is 0 Å². The second kappa shape index (κ2) is 8.19. The first kappa shape index (κ1) is 20.2. The van der Waals surface area contributed by atoms with Crippen LogP contribution in [0, 0.1) is 0 Å². The Balaban J connectivity index is 1.92. The molecule has 4 nitrogen and oxygen atoms in total. The average molecular weight is 380 g/mol. The molecule has 0 saturated heterocycles. The number of rotatable bonds is 6. The fraction of sp³-hybridized carbons (Fsp3) is 0.375. The lowest BCUT2D eigenvalue weighted by Gasteiger charge is -2.22. The molecule has 28 heavy (non-hydrogen) atoms. The van der Waals surface area contributed by atoms with Gasteiger partial charge in [0.05, 0.1) is 11.6 Å². The first-order valence-electron chi connectivity index (χ1n) is 9.68. The summed E-state index contributed by atoms with van der Waals surface area (Å²) in [6.45, 7) is 6.95. The monoisotopic (exact) mass is 379 g/mol. The van der Waals surface area contributed by atoms with Crippen LogP contribution in [0.2, 0.25) is 0 Å². The highest BCUT2D eigenvalue weighted by atomic mass is 16.5. The van der Waals surface area contributed by atoms with Crippen LogP contribution >= 0.6 is 0 Å². The first-order valence-corrected chi connectivity index (χ1v) is 9.68. The van der Waals surface area contributed by atoms with Gasteiger partial charge in [0.1, 0.15) is 17.4 Å². The van der Waals surface area contributed by atoms with E-state index in [1.54, 1.807) is 12.3 Å². The third-order valence-corrected chi connectivity index (χ3v) is 4.84. The number of fused-ring (bicyclic) bond motifs is 1. The van der Waals surface area contributed by atoms with Crippen LogP contribution in [-0.2, 0) is 5.41 Å². The van der Waals surface area contributed by atoms with Crippen LogP contribution in [0.15, 0.2) is 64.0 Å². The van der Waals surface area contributed by atoms with Crippen LogP contribution in [0.4, 0.5) is 0 Å². The molecular weight excluding hydrogens is 350 g/mol. The van der Waals surface area contributed by atoms with E-state index < -0.39 is 0 Å². The van der Waals surface area contributed by atoms with Gasteiger partial charge in [0, 0.05) is 24.6 Å². The first-order chi connectivity index (χ1) is 13.3. The number of hydrogen-bond donors (Lipinski definition) is 0. The summed E-state index contributed by atoms with van der Waals surface area (Å²) >= 11 is 0. The Kier molecular flexibility index (Phi) is 5.90. The Hall–Kier alpha value is -2.59. The van der Waals surface area contributed by atoms with E-state index in [4.69, 9.17) is 9.15 Å². The number of ether oxygens (including phenoxy) is 1. The molecule has 2 aromatic carbocycles. The molecule has 0 radical (unpaired) electrons. The molecule has 0 aliphatic rings. The highest BCUT2D eigenvalue weighted by molar-refractivity contribution is 5.78. The zero-order valence-corrected chi connectivity index (χ0v) is 17.4. The SMILES string of the molecule is CN(C)CCC(Oc1ccc2c(=O)c(C(C)(C)C)coc2c1)c1ccccc1. The van der Waals surface area contributed by atoms with E-state index in [2.05, 4.69) is 31.1 Å². The summed E-state index contributed by atoms with van der Waals surface area (Å²) in [7, 11) is 4.11. The van der Waals surface area contributed by atoms with Crippen LogP contribution in [0.3, 0.4) is 0 Å². The van der Waals surface area contributed by atoms with Gasteiger partial charge in [-0.05, 0) is 37.2 Å². The van der Waals surface area contributed by atoms with Crippen molar-refractivity contribution in [3.05, 3.63) is 76.1 Å². The maximum atomic E-state index is 12.8. The fourth-order valence-corrected chi connectivity index (χ4v) is 3.20. The number of hydrogen-bond acceptors (Lipinski definition) is 4. The highest BCUT2D eigenvalue weighted by Gasteiger charge is 2.21. The lowest BCUT2D eigenvalue weighted by molar-refractivity contribution is 0.179. The van der Waals surface area contributed by atoms with Crippen molar-refractivity contribution in [3.63, 3.8) is 0 Å². The lowest BCUT2D eigenvalue weighted by atomic mass is 9.87. The molecule has 0 saturated carbocycles. The van der Waals surface area contributed by atoms with E-state index in [1.807, 2.05) is 51.1 Å². The van der Waals surface area contributed by atoms with Crippen molar-refractivity contribution in [2.24, 2.45) is 0 Å². The van der Waals surface area contributed by atoms with Crippen molar-refractivity contribution >= 4 is 11.0 Å². The quantitative estimate of drug-likeness (QED) is 0.593. The molecule has 0 aliphatic heterocycles. The maximum absolute atomic E-state index is 12.8. The lowest BCUT2D eigenvalue weighted by Crippen LogP contribution is -2.22.